The summed E-state index contributed by atoms with van der Waals surface area (Å²) >= 11 is 0. The maximum atomic E-state index is 11.2. The van der Waals surface area contributed by atoms with Crippen molar-refractivity contribution >= 4 is 11.7 Å². The van der Waals surface area contributed by atoms with Crippen LogP contribution < -0.4 is 5.32 Å². The summed E-state index contributed by atoms with van der Waals surface area (Å²) in [6, 6.07) is 0. The molecule has 1 amide bonds. The van der Waals surface area contributed by atoms with Crippen LogP contribution in [0.15, 0.2) is 6.33 Å². The van der Waals surface area contributed by atoms with E-state index in [2.05, 4.69) is 15.5 Å². The second-order valence-electron chi connectivity index (χ2n) is 3.19. The van der Waals surface area contributed by atoms with Crippen molar-refractivity contribution in [3.8, 4) is 0 Å². The first-order valence-corrected chi connectivity index (χ1v) is 4.76. The molecule has 0 atom stereocenters. The van der Waals surface area contributed by atoms with E-state index in [-0.39, 0.29) is 18.1 Å². The van der Waals surface area contributed by atoms with E-state index in [0.29, 0.717) is 12.4 Å². The van der Waals surface area contributed by atoms with Crippen molar-refractivity contribution in [2.24, 2.45) is 0 Å². The van der Waals surface area contributed by atoms with E-state index < -0.39 is 0 Å². The first-order valence-electron chi connectivity index (χ1n) is 4.76. The van der Waals surface area contributed by atoms with Crippen LogP contribution in [0.1, 0.15) is 26.1 Å². The fourth-order valence-corrected chi connectivity index (χ4v) is 1.15. The zero-order chi connectivity index (χ0) is 11.3. The molecule has 1 heterocycles. The van der Waals surface area contributed by atoms with E-state index in [9.17, 15) is 9.59 Å². The number of aromatic nitrogens is 3. The molecule has 0 aliphatic carbocycles. The minimum Gasteiger partial charge on any atom is -0.348 e. The van der Waals surface area contributed by atoms with E-state index in [1.807, 2.05) is 11.5 Å². The predicted molar refractivity (Wildman–Crippen MR) is 52.8 cm³/mol. The molecule has 1 aromatic heterocycles. The molecule has 0 aromatic carbocycles. The van der Waals surface area contributed by atoms with Crippen molar-refractivity contribution in [1.82, 2.24) is 20.1 Å². The molecule has 6 heteroatoms. The molecule has 82 valence electrons. The zero-order valence-electron chi connectivity index (χ0n) is 8.86. The van der Waals surface area contributed by atoms with Gasteiger partial charge in [0.25, 0.3) is 0 Å². The van der Waals surface area contributed by atoms with Gasteiger partial charge in [0.05, 0.1) is 13.0 Å². The van der Waals surface area contributed by atoms with Crippen LogP contribution in [0.3, 0.4) is 0 Å². The van der Waals surface area contributed by atoms with E-state index in [1.54, 1.807) is 6.33 Å². The van der Waals surface area contributed by atoms with Crippen molar-refractivity contribution < 1.29 is 9.59 Å². The highest BCUT2D eigenvalue weighted by atomic mass is 16.2. The summed E-state index contributed by atoms with van der Waals surface area (Å²) in [6.07, 6.45) is 1.52. The number of amides is 1. The third-order valence-corrected chi connectivity index (χ3v) is 1.89. The number of carbonyl (C=O) groups excluding carboxylic acids is 2. The number of nitrogens with one attached hydrogen (secondary N) is 1. The monoisotopic (exact) mass is 210 g/mol. The van der Waals surface area contributed by atoms with Crippen molar-refractivity contribution in [2.45, 2.75) is 33.4 Å². The molecular weight excluding hydrogens is 196 g/mol. The largest absolute Gasteiger partial charge is 0.348 e. The molecule has 0 fully saturated rings. The van der Waals surface area contributed by atoms with Crippen molar-refractivity contribution in [3.05, 3.63) is 12.2 Å². The number of hydrogen-bond acceptors (Lipinski definition) is 4. The van der Waals surface area contributed by atoms with Crippen LogP contribution in [0.2, 0.25) is 0 Å². The Balaban J connectivity index is 2.43. The fraction of sp³-hybridized carbons (Fsp3) is 0.556. The van der Waals surface area contributed by atoms with Gasteiger partial charge < -0.3 is 9.88 Å². The molecule has 0 aliphatic rings. The maximum absolute atomic E-state index is 11.2. The molecule has 0 saturated carbocycles. The first kappa shape index (κ1) is 11.4. The van der Waals surface area contributed by atoms with Gasteiger partial charge in [-0.1, -0.05) is 0 Å². The molecule has 15 heavy (non-hydrogen) atoms. The summed E-state index contributed by atoms with van der Waals surface area (Å²) in [5.41, 5.74) is 0. The van der Waals surface area contributed by atoms with E-state index >= 15 is 0 Å². The van der Waals surface area contributed by atoms with Gasteiger partial charge in [0, 0.05) is 6.54 Å². The first-order chi connectivity index (χ1) is 7.13. The quantitative estimate of drug-likeness (QED) is 0.688. The molecule has 0 bridgehead atoms. The zero-order valence-corrected chi connectivity index (χ0v) is 8.86. The van der Waals surface area contributed by atoms with Crippen LogP contribution in [0.5, 0.6) is 0 Å². The molecular formula is C9H14N4O2. The van der Waals surface area contributed by atoms with E-state index in [1.165, 1.54) is 6.92 Å². The Labute approximate surface area is 87.7 Å². The van der Waals surface area contributed by atoms with Gasteiger partial charge in [-0.15, -0.1) is 10.2 Å². The average Bonchev–Trinajstić information content (AvgIpc) is 2.60. The molecule has 1 rings (SSSR count). The Hall–Kier alpha value is -1.72. The van der Waals surface area contributed by atoms with Crippen LogP contribution in [-0.2, 0) is 22.7 Å². The van der Waals surface area contributed by atoms with Crippen LogP contribution in [0.25, 0.3) is 0 Å². The molecule has 6 nitrogen and oxygen atoms in total. The molecule has 0 unspecified atom stereocenters. The predicted octanol–water partition coefficient (Wildman–Crippen LogP) is -0.107. The van der Waals surface area contributed by atoms with Crippen LogP contribution in [0.4, 0.5) is 0 Å². The highest BCUT2D eigenvalue weighted by Gasteiger charge is 2.07. The number of nitrogens with zero attached hydrogens (tertiary/aromatic N) is 3. The smallest absolute Gasteiger partial charge is 0.227 e. The maximum Gasteiger partial charge on any atom is 0.227 e. The third-order valence-electron chi connectivity index (χ3n) is 1.89. The Bertz CT molecular complexity index is 359. The number of hydrogen-bond donors (Lipinski definition) is 1. The van der Waals surface area contributed by atoms with Gasteiger partial charge >= 0.3 is 0 Å². The van der Waals surface area contributed by atoms with E-state index in [0.717, 1.165) is 6.54 Å². The summed E-state index contributed by atoms with van der Waals surface area (Å²) in [7, 11) is 0. The van der Waals surface area contributed by atoms with Gasteiger partial charge in [-0.2, -0.15) is 0 Å². The normalized spacial score (nSPS) is 10.0. The van der Waals surface area contributed by atoms with Crippen LogP contribution in [-0.4, -0.2) is 26.5 Å². The van der Waals surface area contributed by atoms with Crippen molar-refractivity contribution in [1.29, 1.82) is 0 Å². The Morgan fingerprint density at radius 3 is 2.87 bits per heavy atom. The summed E-state index contributed by atoms with van der Waals surface area (Å²) < 4.78 is 1.83. The lowest BCUT2D eigenvalue weighted by molar-refractivity contribution is -0.127. The molecule has 0 spiro atoms. The summed E-state index contributed by atoms with van der Waals surface area (Å²) in [4.78, 5) is 21.8. The third kappa shape index (κ3) is 3.49. The average molecular weight is 210 g/mol. The van der Waals surface area contributed by atoms with Crippen molar-refractivity contribution in [2.75, 3.05) is 0 Å². The lowest BCUT2D eigenvalue weighted by Crippen LogP contribution is -2.26. The van der Waals surface area contributed by atoms with Gasteiger partial charge in [-0.05, 0) is 13.8 Å². The Morgan fingerprint density at radius 2 is 2.27 bits per heavy atom. The molecule has 0 aliphatic heterocycles. The van der Waals surface area contributed by atoms with Gasteiger partial charge in [-0.3, -0.25) is 9.59 Å². The van der Waals surface area contributed by atoms with E-state index in [4.69, 9.17) is 0 Å². The topological polar surface area (TPSA) is 76.9 Å². The van der Waals surface area contributed by atoms with Crippen LogP contribution in [0, 0.1) is 0 Å². The van der Waals surface area contributed by atoms with Crippen LogP contribution >= 0.6 is 0 Å². The number of ketones is 1. The molecule has 0 saturated heterocycles. The summed E-state index contributed by atoms with van der Waals surface area (Å²) in [5.74, 6) is 0.256. The van der Waals surface area contributed by atoms with Crippen molar-refractivity contribution in [3.63, 3.8) is 0 Å². The number of rotatable bonds is 5. The highest BCUT2D eigenvalue weighted by molar-refractivity contribution is 5.96. The molecule has 1 aromatic rings. The fourth-order valence-electron chi connectivity index (χ4n) is 1.15. The SMILES string of the molecule is CCn1cnnc1CNC(=O)CC(C)=O. The standard InChI is InChI=1S/C9H14N4O2/c1-3-13-6-11-12-8(13)5-10-9(15)4-7(2)14/h6H,3-5H2,1-2H3,(H,10,15). The van der Waals surface area contributed by atoms with Gasteiger partial charge in [-0.25, -0.2) is 0 Å². The molecule has 0 radical (unpaired) electrons. The number of aryl methyl sites for hydroxylation is 1. The summed E-state index contributed by atoms with van der Waals surface area (Å²) in [6.45, 7) is 4.41. The number of Topliss-reactive ketones (excluding diaryl/α,β-unsaturated/α-hetero) is 1. The second kappa shape index (κ2) is 5.23. The Morgan fingerprint density at radius 1 is 1.53 bits per heavy atom. The highest BCUT2D eigenvalue weighted by Crippen LogP contribution is 1.94. The van der Waals surface area contributed by atoms with Gasteiger partial charge in [0.2, 0.25) is 5.91 Å². The summed E-state index contributed by atoms with van der Waals surface area (Å²) in [5, 5.41) is 10.2. The second-order valence-corrected chi connectivity index (χ2v) is 3.19. The minimum atomic E-state index is -0.284. The van der Waals surface area contributed by atoms with Gasteiger partial charge in [0.15, 0.2) is 5.82 Å². The van der Waals surface area contributed by atoms with Gasteiger partial charge in [0.1, 0.15) is 12.1 Å². The number of carbonyl (C=O) groups is 2. The lowest BCUT2D eigenvalue weighted by atomic mass is 10.3. The lowest BCUT2D eigenvalue weighted by Gasteiger charge is -2.04. The minimum absolute atomic E-state index is 0.0831. The Kier molecular flexibility index (Phi) is 3.96. The molecule has 1 N–H and O–H groups in total.